The van der Waals surface area contributed by atoms with Gasteiger partial charge in [-0.3, -0.25) is 0 Å². The maximum Gasteiger partial charge on any atom is 0.142 e. The van der Waals surface area contributed by atoms with E-state index in [1.165, 1.54) is 11.6 Å². The molecule has 0 saturated heterocycles. The summed E-state index contributed by atoms with van der Waals surface area (Å²) in [5, 5.41) is 3.58. The van der Waals surface area contributed by atoms with E-state index >= 15 is 0 Å². The molecule has 0 aliphatic heterocycles. The van der Waals surface area contributed by atoms with Crippen molar-refractivity contribution < 1.29 is 4.39 Å². The molecule has 0 bridgehead atoms. The van der Waals surface area contributed by atoms with Gasteiger partial charge in [0.05, 0.1) is 5.02 Å². The average molecular weight is 292 g/mol. The van der Waals surface area contributed by atoms with E-state index in [2.05, 4.69) is 29.6 Å². The zero-order chi connectivity index (χ0) is 14.4. The van der Waals surface area contributed by atoms with Crippen LogP contribution in [0.2, 0.25) is 5.02 Å². The summed E-state index contributed by atoms with van der Waals surface area (Å²) in [6.45, 7) is 2.94. The van der Waals surface area contributed by atoms with Crippen LogP contribution in [0.4, 0.5) is 4.39 Å². The van der Waals surface area contributed by atoms with Crippen LogP contribution in [0, 0.1) is 5.82 Å². The van der Waals surface area contributed by atoms with E-state index in [-0.39, 0.29) is 16.9 Å². The number of rotatable bonds is 6. The molecule has 0 aliphatic rings. The van der Waals surface area contributed by atoms with Gasteiger partial charge in [-0.15, -0.1) is 0 Å². The number of aryl methyl sites for hydroxylation is 1. The van der Waals surface area contributed by atoms with Crippen molar-refractivity contribution in [3.05, 3.63) is 70.5 Å². The number of hydrogen-bond donors (Lipinski definition) is 1. The monoisotopic (exact) mass is 291 g/mol. The summed E-state index contributed by atoms with van der Waals surface area (Å²) in [6.07, 6.45) is 2.11. The summed E-state index contributed by atoms with van der Waals surface area (Å²) >= 11 is 5.68. The molecule has 0 radical (unpaired) electrons. The Morgan fingerprint density at radius 2 is 1.90 bits per heavy atom. The molecule has 0 heterocycles. The van der Waals surface area contributed by atoms with E-state index in [0.717, 1.165) is 24.9 Å². The quantitative estimate of drug-likeness (QED) is 0.757. The van der Waals surface area contributed by atoms with Crippen LogP contribution in [0.5, 0.6) is 0 Å². The molecule has 0 fully saturated rings. The number of nitrogens with one attached hydrogen (secondary N) is 1. The highest BCUT2D eigenvalue weighted by Gasteiger charge is 2.07. The molecule has 1 nitrogen and oxygen atoms in total. The van der Waals surface area contributed by atoms with Crippen molar-refractivity contribution in [3.8, 4) is 0 Å². The molecule has 0 saturated carbocycles. The first kappa shape index (κ1) is 15.0. The van der Waals surface area contributed by atoms with E-state index in [9.17, 15) is 4.39 Å². The smallest absolute Gasteiger partial charge is 0.142 e. The largest absolute Gasteiger partial charge is 0.310 e. The Labute approximate surface area is 124 Å². The summed E-state index contributed by atoms with van der Waals surface area (Å²) in [6, 6.07) is 15.5. The molecular formula is C17H19ClFN. The van der Waals surface area contributed by atoms with Crippen molar-refractivity contribution in [2.24, 2.45) is 0 Å². The molecule has 1 atom stereocenters. The fourth-order valence-electron chi connectivity index (χ4n) is 2.16. The summed E-state index contributed by atoms with van der Waals surface area (Å²) in [4.78, 5) is 0. The van der Waals surface area contributed by atoms with Gasteiger partial charge in [0.25, 0.3) is 0 Å². The standard InChI is InChI=1S/C17H19ClFN/c1-13(15-9-10-16(18)17(19)12-15)20-11-5-8-14-6-3-2-4-7-14/h2-4,6-7,9-10,12-13,20H,5,8,11H2,1H3. The van der Waals surface area contributed by atoms with Crippen LogP contribution < -0.4 is 5.32 Å². The lowest BCUT2D eigenvalue weighted by atomic mass is 10.1. The first-order valence-electron chi connectivity index (χ1n) is 6.89. The maximum atomic E-state index is 13.4. The highest BCUT2D eigenvalue weighted by Crippen LogP contribution is 2.20. The molecule has 0 spiro atoms. The van der Waals surface area contributed by atoms with Crippen molar-refractivity contribution >= 4 is 11.6 Å². The summed E-state index contributed by atoms with van der Waals surface area (Å²) in [7, 11) is 0. The Kier molecular flexibility index (Phi) is 5.57. The molecule has 1 N–H and O–H groups in total. The summed E-state index contributed by atoms with van der Waals surface area (Å²) in [5.74, 6) is -0.359. The SMILES string of the molecule is CC(NCCCc1ccccc1)c1ccc(Cl)c(F)c1. The average Bonchev–Trinajstić information content (AvgIpc) is 2.47. The third-order valence-electron chi connectivity index (χ3n) is 3.38. The molecule has 0 aliphatic carbocycles. The van der Waals surface area contributed by atoms with Gasteiger partial charge < -0.3 is 5.32 Å². The Morgan fingerprint density at radius 1 is 1.15 bits per heavy atom. The second kappa shape index (κ2) is 7.41. The minimum absolute atomic E-state index is 0.123. The van der Waals surface area contributed by atoms with E-state index in [0.29, 0.717) is 0 Å². The predicted molar refractivity (Wildman–Crippen MR) is 82.6 cm³/mol. The molecule has 1 unspecified atom stereocenters. The number of hydrogen-bond acceptors (Lipinski definition) is 1. The van der Waals surface area contributed by atoms with Crippen LogP contribution in [0.1, 0.15) is 30.5 Å². The topological polar surface area (TPSA) is 12.0 Å². The van der Waals surface area contributed by atoms with Crippen LogP contribution in [0.15, 0.2) is 48.5 Å². The second-order valence-corrected chi connectivity index (χ2v) is 5.35. The van der Waals surface area contributed by atoms with Gasteiger partial charge in [-0.1, -0.05) is 48.0 Å². The molecular weight excluding hydrogens is 273 g/mol. The van der Waals surface area contributed by atoms with Gasteiger partial charge in [0.2, 0.25) is 0 Å². The van der Waals surface area contributed by atoms with Crippen molar-refractivity contribution in [2.75, 3.05) is 6.54 Å². The highest BCUT2D eigenvalue weighted by molar-refractivity contribution is 6.30. The predicted octanol–water partition coefficient (Wildman–Crippen LogP) is 4.76. The Morgan fingerprint density at radius 3 is 2.60 bits per heavy atom. The van der Waals surface area contributed by atoms with Crippen LogP contribution in [0.25, 0.3) is 0 Å². The zero-order valence-corrected chi connectivity index (χ0v) is 12.3. The minimum Gasteiger partial charge on any atom is -0.310 e. The molecule has 2 aromatic rings. The van der Waals surface area contributed by atoms with Crippen molar-refractivity contribution in [1.82, 2.24) is 5.32 Å². The fourth-order valence-corrected chi connectivity index (χ4v) is 2.27. The third-order valence-corrected chi connectivity index (χ3v) is 3.69. The van der Waals surface area contributed by atoms with Gasteiger partial charge in [0.15, 0.2) is 0 Å². The lowest BCUT2D eigenvalue weighted by Gasteiger charge is -2.14. The maximum absolute atomic E-state index is 13.4. The van der Waals surface area contributed by atoms with E-state index in [4.69, 9.17) is 11.6 Å². The van der Waals surface area contributed by atoms with Gasteiger partial charge in [-0.25, -0.2) is 4.39 Å². The first-order valence-corrected chi connectivity index (χ1v) is 7.27. The van der Waals surface area contributed by atoms with E-state index in [1.807, 2.05) is 19.1 Å². The molecule has 2 aromatic carbocycles. The molecule has 106 valence electrons. The Bertz CT molecular complexity index is 542. The van der Waals surface area contributed by atoms with Gasteiger partial charge in [0.1, 0.15) is 5.82 Å². The molecule has 2 rings (SSSR count). The summed E-state index contributed by atoms with van der Waals surface area (Å²) < 4.78 is 13.4. The molecule has 3 heteroatoms. The lowest BCUT2D eigenvalue weighted by molar-refractivity contribution is 0.552. The lowest BCUT2D eigenvalue weighted by Crippen LogP contribution is -2.20. The van der Waals surface area contributed by atoms with Crippen molar-refractivity contribution in [2.45, 2.75) is 25.8 Å². The third kappa shape index (κ3) is 4.32. The van der Waals surface area contributed by atoms with Gasteiger partial charge in [-0.2, -0.15) is 0 Å². The number of benzene rings is 2. The van der Waals surface area contributed by atoms with Crippen molar-refractivity contribution in [1.29, 1.82) is 0 Å². The second-order valence-electron chi connectivity index (χ2n) is 4.94. The molecule has 0 aromatic heterocycles. The van der Waals surface area contributed by atoms with E-state index < -0.39 is 0 Å². The fraction of sp³-hybridized carbons (Fsp3) is 0.294. The first-order chi connectivity index (χ1) is 9.66. The Hall–Kier alpha value is -1.38. The van der Waals surface area contributed by atoms with Gasteiger partial charge in [0, 0.05) is 6.04 Å². The van der Waals surface area contributed by atoms with E-state index in [1.54, 1.807) is 6.07 Å². The normalized spacial score (nSPS) is 12.3. The summed E-state index contributed by atoms with van der Waals surface area (Å²) in [5.41, 5.74) is 2.27. The van der Waals surface area contributed by atoms with Crippen LogP contribution >= 0.6 is 11.6 Å². The van der Waals surface area contributed by atoms with Gasteiger partial charge in [-0.05, 0) is 49.6 Å². The highest BCUT2D eigenvalue weighted by atomic mass is 35.5. The van der Waals surface area contributed by atoms with Crippen LogP contribution in [-0.2, 0) is 6.42 Å². The number of halogens is 2. The Balaban J connectivity index is 1.77. The van der Waals surface area contributed by atoms with Crippen LogP contribution in [0.3, 0.4) is 0 Å². The van der Waals surface area contributed by atoms with Crippen LogP contribution in [-0.4, -0.2) is 6.54 Å². The minimum atomic E-state index is -0.359. The molecule has 20 heavy (non-hydrogen) atoms. The zero-order valence-electron chi connectivity index (χ0n) is 11.6. The van der Waals surface area contributed by atoms with Gasteiger partial charge >= 0.3 is 0 Å². The molecule has 0 amide bonds. The van der Waals surface area contributed by atoms with Crippen molar-refractivity contribution in [3.63, 3.8) is 0 Å².